The molecule has 7 heteroatoms. The highest BCUT2D eigenvalue weighted by molar-refractivity contribution is 7.99. The molecule has 0 aliphatic carbocycles. The molecule has 0 aliphatic rings. The first-order valence-corrected chi connectivity index (χ1v) is 6.02. The van der Waals surface area contributed by atoms with Crippen LogP contribution in [0.4, 0.5) is 9.59 Å². The molecule has 0 atom stereocenters. The Hall–Kier alpha value is -1.63. The number of nitrogens with zero attached hydrogens (tertiary/aromatic N) is 2. The van der Waals surface area contributed by atoms with Gasteiger partial charge in [-0.2, -0.15) is 0 Å². The fourth-order valence-corrected chi connectivity index (χ4v) is 2.09. The van der Waals surface area contributed by atoms with Gasteiger partial charge in [0.25, 0.3) is 0 Å². The SMILES string of the molecule is C=CCN(C(=O)O)C(SC)N(CC=C)C(=O)O. The average Bonchev–Trinajstić information content (AvgIpc) is 2.26. The lowest BCUT2D eigenvalue weighted by atomic mass is 10.5. The van der Waals surface area contributed by atoms with Gasteiger partial charge in [-0.3, -0.25) is 9.80 Å². The van der Waals surface area contributed by atoms with Crippen molar-refractivity contribution in [2.75, 3.05) is 19.3 Å². The molecule has 0 aromatic rings. The number of hydrogen-bond donors (Lipinski definition) is 2. The van der Waals surface area contributed by atoms with Crippen LogP contribution in [-0.4, -0.2) is 57.0 Å². The number of amides is 2. The van der Waals surface area contributed by atoms with E-state index in [1.165, 1.54) is 12.2 Å². The van der Waals surface area contributed by atoms with Gasteiger partial charge < -0.3 is 10.2 Å². The van der Waals surface area contributed by atoms with Gasteiger partial charge in [0.15, 0.2) is 5.50 Å². The zero-order valence-electron chi connectivity index (χ0n) is 9.57. The molecule has 0 spiro atoms. The zero-order valence-corrected chi connectivity index (χ0v) is 10.4. The maximum absolute atomic E-state index is 11.0. The van der Waals surface area contributed by atoms with Crippen LogP contribution < -0.4 is 0 Å². The summed E-state index contributed by atoms with van der Waals surface area (Å²) < 4.78 is 0. The Balaban J connectivity index is 5.07. The van der Waals surface area contributed by atoms with Crippen molar-refractivity contribution in [2.24, 2.45) is 0 Å². The summed E-state index contributed by atoms with van der Waals surface area (Å²) in [4.78, 5) is 24.1. The number of carbonyl (C=O) groups is 2. The van der Waals surface area contributed by atoms with E-state index in [1.54, 1.807) is 6.26 Å². The summed E-state index contributed by atoms with van der Waals surface area (Å²) in [6, 6.07) is 0. The van der Waals surface area contributed by atoms with E-state index in [0.717, 1.165) is 21.6 Å². The predicted octanol–water partition coefficient (Wildman–Crippen LogP) is 1.97. The Kier molecular flexibility index (Phi) is 6.88. The summed E-state index contributed by atoms with van der Waals surface area (Å²) in [5, 5.41) is 18.0. The number of rotatable bonds is 7. The van der Waals surface area contributed by atoms with Crippen LogP contribution in [0.15, 0.2) is 25.3 Å². The van der Waals surface area contributed by atoms with Gasteiger partial charge in [-0.15, -0.1) is 24.9 Å². The minimum atomic E-state index is -1.19. The minimum Gasteiger partial charge on any atom is -0.465 e. The minimum absolute atomic E-state index is 0.0573. The van der Waals surface area contributed by atoms with Crippen molar-refractivity contribution < 1.29 is 19.8 Å². The molecule has 2 N–H and O–H groups in total. The lowest BCUT2D eigenvalue weighted by molar-refractivity contribution is 0.0905. The summed E-state index contributed by atoms with van der Waals surface area (Å²) in [6.07, 6.45) is 2.07. The van der Waals surface area contributed by atoms with Gasteiger partial charge in [0.05, 0.1) is 0 Å². The van der Waals surface area contributed by atoms with Crippen LogP contribution in [0.1, 0.15) is 0 Å². The van der Waals surface area contributed by atoms with Crippen LogP contribution in [0.25, 0.3) is 0 Å². The topological polar surface area (TPSA) is 81.1 Å². The van der Waals surface area contributed by atoms with Crippen molar-refractivity contribution in [3.05, 3.63) is 25.3 Å². The molecule has 0 aromatic heterocycles. The molecule has 0 rings (SSSR count). The van der Waals surface area contributed by atoms with Crippen LogP contribution in [-0.2, 0) is 0 Å². The molecule has 0 heterocycles. The van der Waals surface area contributed by atoms with E-state index in [4.69, 9.17) is 10.2 Å². The molecule has 0 fully saturated rings. The van der Waals surface area contributed by atoms with Gasteiger partial charge in [-0.05, 0) is 6.26 Å². The second kappa shape index (κ2) is 7.61. The van der Waals surface area contributed by atoms with Gasteiger partial charge >= 0.3 is 12.2 Å². The Labute approximate surface area is 104 Å². The molecule has 17 heavy (non-hydrogen) atoms. The molecule has 0 aliphatic heterocycles. The third-order valence-electron chi connectivity index (χ3n) is 1.89. The summed E-state index contributed by atoms with van der Waals surface area (Å²) in [6.45, 7) is 7.01. The molecule has 0 saturated heterocycles. The summed E-state index contributed by atoms with van der Waals surface area (Å²) in [5.41, 5.74) is -0.819. The highest BCUT2D eigenvalue weighted by Gasteiger charge is 2.29. The molecular formula is C10H16N2O4S. The maximum atomic E-state index is 11.0. The van der Waals surface area contributed by atoms with Crippen molar-refractivity contribution in [1.29, 1.82) is 0 Å². The Morgan fingerprint density at radius 2 is 1.53 bits per heavy atom. The molecule has 0 radical (unpaired) electrons. The first kappa shape index (κ1) is 15.4. The largest absolute Gasteiger partial charge is 0.465 e. The second-order valence-corrected chi connectivity index (χ2v) is 3.90. The lowest BCUT2D eigenvalue weighted by Crippen LogP contribution is -2.50. The van der Waals surface area contributed by atoms with Crippen molar-refractivity contribution in [3.63, 3.8) is 0 Å². The Morgan fingerprint density at radius 1 is 1.18 bits per heavy atom. The van der Waals surface area contributed by atoms with Gasteiger partial charge in [0.2, 0.25) is 0 Å². The number of hydrogen-bond acceptors (Lipinski definition) is 3. The third kappa shape index (κ3) is 4.39. The van der Waals surface area contributed by atoms with E-state index in [0.29, 0.717) is 0 Å². The lowest BCUT2D eigenvalue weighted by Gasteiger charge is -2.34. The standard InChI is InChI=1S/C10H16N2O4S/c1-4-6-11(9(13)14)8(17-3)12(7-5-2)10(15)16/h4-5,8H,1-2,6-7H2,3H3,(H,13,14)(H,15,16). The summed E-state index contributed by atoms with van der Waals surface area (Å²) in [7, 11) is 0. The maximum Gasteiger partial charge on any atom is 0.409 e. The van der Waals surface area contributed by atoms with Gasteiger partial charge in [0, 0.05) is 13.1 Å². The van der Waals surface area contributed by atoms with Crippen LogP contribution in [0, 0.1) is 0 Å². The van der Waals surface area contributed by atoms with E-state index in [-0.39, 0.29) is 13.1 Å². The smallest absolute Gasteiger partial charge is 0.409 e. The van der Waals surface area contributed by atoms with E-state index in [2.05, 4.69) is 13.2 Å². The average molecular weight is 260 g/mol. The predicted molar refractivity (Wildman–Crippen MR) is 67.2 cm³/mol. The monoisotopic (exact) mass is 260 g/mol. The van der Waals surface area contributed by atoms with Crippen molar-refractivity contribution in [2.45, 2.75) is 5.50 Å². The van der Waals surface area contributed by atoms with E-state index in [1.807, 2.05) is 0 Å². The first-order valence-electron chi connectivity index (χ1n) is 4.73. The van der Waals surface area contributed by atoms with Crippen LogP contribution in [0.3, 0.4) is 0 Å². The third-order valence-corrected chi connectivity index (χ3v) is 2.82. The van der Waals surface area contributed by atoms with Crippen LogP contribution in [0.2, 0.25) is 0 Å². The molecule has 0 saturated carbocycles. The zero-order chi connectivity index (χ0) is 13.4. The molecule has 96 valence electrons. The van der Waals surface area contributed by atoms with E-state index >= 15 is 0 Å². The fourth-order valence-electron chi connectivity index (χ4n) is 1.23. The number of thioether (sulfide) groups is 1. The van der Waals surface area contributed by atoms with E-state index in [9.17, 15) is 9.59 Å². The summed E-state index contributed by atoms with van der Waals surface area (Å²) >= 11 is 1.12. The highest BCUT2D eigenvalue weighted by Crippen LogP contribution is 2.18. The highest BCUT2D eigenvalue weighted by atomic mass is 32.2. The first-order chi connectivity index (χ1) is 7.99. The molecule has 2 amide bonds. The number of carboxylic acid groups (broad SMARTS) is 2. The van der Waals surface area contributed by atoms with Crippen molar-refractivity contribution >= 4 is 23.9 Å². The fraction of sp³-hybridized carbons (Fsp3) is 0.400. The molecule has 0 aromatic carbocycles. The van der Waals surface area contributed by atoms with Crippen LogP contribution >= 0.6 is 11.8 Å². The van der Waals surface area contributed by atoms with Crippen molar-refractivity contribution in [3.8, 4) is 0 Å². The molecular weight excluding hydrogens is 244 g/mol. The Bertz CT molecular complexity index is 281. The Morgan fingerprint density at radius 3 is 1.71 bits per heavy atom. The molecule has 0 unspecified atom stereocenters. The molecule has 6 nitrogen and oxygen atoms in total. The second-order valence-electron chi connectivity index (χ2n) is 3.01. The normalized spacial score (nSPS) is 9.76. The van der Waals surface area contributed by atoms with Crippen LogP contribution in [0.5, 0.6) is 0 Å². The summed E-state index contributed by atoms with van der Waals surface area (Å²) in [5.74, 6) is 0. The van der Waals surface area contributed by atoms with Gasteiger partial charge in [0.1, 0.15) is 0 Å². The quantitative estimate of drug-likeness (QED) is 0.540. The van der Waals surface area contributed by atoms with E-state index < -0.39 is 17.7 Å². The van der Waals surface area contributed by atoms with Crippen molar-refractivity contribution in [1.82, 2.24) is 9.80 Å². The molecule has 0 bridgehead atoms. The van der Waals surface area contributed by atoms with Gasteiger partial charge in [-0.25, -0.2) is 9.59 Å². The van der Waals surface area contributed by atoms with Gasteiger partial charge in [-0.1, -0.05) is 12.2 Å².